The third-order valence-electron chi connectivity index (χ3n) is 5.82. The summed E-state index contributed by atoms with van der Waals surface area (Å²) >= 11 is 6.17. The summed E-state index contributed by atoms with van der Waals surface area (Å²) in [5, 5.41) is 3.83. The zero-order chi connectivity index (χ0) is 22.7. The van der Waals surface area contributed by atoms with Crippen LogP contribution < -0.4 is 15.8 Å². The molecule has 1 aliphatic rings. The molecule has 0 spiro atoms. The van der Waals surface area contributed by atoms with Crippen molar-refractivity contribution in [2.45, 2.75) is 13.5 Å². The minimum absolute atomic E-state index is 0.429. The van der Waals surface area contributed by atoms with Gasteiger partial charge in [-0.05, 0) is 43.8 Å². The van der Waals surface area contributed by atoms with Gasteiger partial charge in [-0.25, -0.2) is 4.98 Å². The summed E-state index contributed by atoms with van der Waals surface area (Å²) in [6.07, 6.45) is 0. The highest BCUT2D eigenvalue weighted by molar-refractivity contribution is 6.32. The van der Waals surface area contributed by atoms with Crippen LogP contribution in [-0.2, 0) is 6.54 Å². The van der Waals surface area contributed by atoms with E-state index >= 15 is 0 Å². The quantitative estimate of drug-likeness (QED) is 0.580. The van der Waals surface area contributed by atoms with Crippen LogP contribution in [0.15, 0.2) is 42.5 Å². The molecule has 4 rings (SSSR count). The van der Waals surface area contributed by atoms with E-state index in [9.17, 15) is 0 Å². The molecule has 3 N–H and O–H groups in total. The van der Waals surface area contributed by atoms with Crippen molar-refractivity contribution in [2.24, 2.45) is 0 Å². The van der Waals surface area contributed by atoms with Crippen LogP contribution >= 0.6 is 11.6 Å². The van der Waals surface area contributed by atoms with Crippen LogP contribution in [0.4, 0.5) is 17.5 Å². The van der Waals surface area contributed by atoms with Crippen molar-refractivity contribution in [3.05, 3.63) is 58.6 Å². The molecule has 0 radical (unpaired) electrons. The van der Waals surface area contributed by atoms with Gasteiger partial charge in [-0.2, -0.15) is 4.98 Å². The van der Waals surface area contributed by atoms with E-state index in [0.29, 0.717) is 22.5 Å². The monoisotopic (exact) mass is 452 g/mol. The number of piperazine rings is 1. The number of nitrogens with one attached hydrogen (secondary N) is 1. The van der Waals surface area contributed by atoms with Crippen LogP contribution in [0.3, 0.4) is 0 Å². The Labute approximate surface area is 194 Å². The summed E-state index contributed by atoms with van der Waals surface area (Å²) in [4.78, 5) is 14.0. The molecule has 0 aliphatic carbocycles. The van der Waals surface area contributed by atoms with E-state index in [2.05, 4.69) is 51.4 Å². The number of benzene rings is 2. The zero-order valence-electron chi connectivity index (χ0n) is 18.7. The molecule has 168 valence electrons. The minimum Gasteiger partial charge on any atom is -0.495 e. The van der Waals surface area contributed by atoms with Gasteiger partial charge in [0.15, 0.2) is 0 Å². The molecule has 0 amide bonds. The van der Waals surface area contributed by atoms with Crippen molar-refractivity contribution >= 4 is 29.1 Å². The van der Waals surface area contributed by atoms with E-state index < -0.39 is 0 Å². The molecule has 1 aliphatic heterocycles. The third-order valence-corrected chi connectivity index (χ3v) is 6.13. The number of rotatable bonds is 6. The van der Waals surface area contributed by atoms with Gasteiger partial charge in [0, 0.05) is 49.5 Å². The molecule has 0 saturated carbocycles. The lowest BCUT2D eigenvalue weighted by atomic mass is 10.1. The van der Waals surface area contributed by atoms with E-state index in [1.54, 1.807) is 13.2 Å². The van der Waals surface area contributed by atoms with Crippen LogP contribution in [-0.4, -0.2) is 60.1 Å². The summed E-state index contributed by atoms with van der Waals surface area (Å²) < 4.78 is 5.35. The molecule has 1 saturated heterocycles. The van der Waals surface area contributed by atoms with Crippen molar-refractivity contribution in [3.63, 3.8) is 0 Å². The van der Waals surface area contributed by atoms with Crippen LogP contribution in [0.2, 0.25) is 5.02 Å². The molecule has 0 atom stereocenters. The van der Waals surface area contributed by atoms with E-state index in [1.165, 1.54) is 5.56 Å². The molecule has 3 aromatic rings. The lowest BCUT2D eigenvalue weighted by Crippen LogP contribution is -2.43. The smallest absolute Gasteiger partial charge is 0.229 e. The lowest BCUT2D eigenvalue weighted by molar-refractivity contribution is 0.148. The van der Waals surface area contributed by atoms with Crippen LogP contribution in [0.5, 0.6) is 5.75 Å². The first-order chi connectivity index (χ1) is 15.4. The number of ether oxygens (including phenoxy) is 1. The molecule has 2 aromatic carbocycles. The molecule has 0 bridgehead atoms. The maximum absolute atomic E-state index is 6.19. The Bertz CT molecular complexity index is 1080. The summed E-state index contributed by atoms with van der Waals surface area (Å²) in [6, 6.07) is 13.9. The van der Waals surface area contributed by atoms with Gasteiger partial charge in [-0.1, -0.05) is 29.8 Å². The average molecular weight is 453 g/mol. The number of likely N-dealkylation sites (N-methyl/N-ethyl adjacent to an activating group) is 1. The Morgan fingerprint density at radius 1 is 1.06 bits per heavy atom. The number of aromatic nitrogens is 2. The van der Waals surface area contributed by atoms with Crippen molar-refractivity contribution in [1.82, 2.24) is 19.8 Å². The molecule has 1 fully saturated rings. The molecule has 0 unspecified atom stereocenters. The highest BCUT2D eigenvalue weighted by atomic mass is 35.5. The molecular weight excluding hydrogens is 424 g/mol. The van der Waals surface area contributed by atoms with Gasteiger partial charge >= 0.3 is 0 Å². The van der Waals surface area contributed by atoms with Gasteiger partial charge < -0.3 is 20.7 Å². The fraction of sp³-hybridized carbons (Fsp3) is 0.333. The first-order valence-corrected chi connectivity index (χ1v) is 11.1. The molecule has 2 heterocycles. The Morgan fingerprint density at radius 3 is 2.47 bits per heavy atom. The van der Waals surface area contributed by atoms with Crippen LogP contribution in [0.25, 0.3) is 11.3 Å². The standard InChI is InChI=1S/C24H29ClN6O/c1-16-22(18-6-9-20(25)21(14-18)32-3)28-24(29-23(16)26)27-19-7-4-17(5-8-19)15-31-12-10-30(2)11-13-31/h4-9,14H,10-13,15H2,1-3H3,(H3,26,27,28,29). The molecule has 32 heavy (non-hydrogen) atoms. The fourth-order valence-electron chi connectivity index (χ4n) is 3.76. The summed E-state index contributed by atoms with van der Waals surface area (Å²) in [7, 11) is 3.76. The van der Waals surface area contributed by atoms with E-state index in [4.69, 9.17) is 27.1 Å². The second-order valence-electron chi connectivity index (χ2n) is 8.16. The molecule has 7 nitrogen and oxygen atoms in total. The van der Waals surface area contributed by atoms with Gasteiger partial charge in [0.2, 0.25) is 5.95 Å². The van der Waals surface area contributed by atoms with Gasteiger partial charge in [-0.3, -0.25) is 4.90 Å². The lowest BCUT2D eigenvalue weighted by Gasteiger charge is -2.32. The number of halogens is 1. The summed E-state index contributed by atoms with van der Waals surface area (Å²) in [5.41, 5.74) is 10.8. The molecular formula is C24H29ClN6O. The Balaban J connectivity index is 1.51. The first kappa shape index (κ1) is 22.3. The predicted molar refractivity (Wildman–Crippen MR) is 131 cm³/mol. The first-order valence-electron chi connectivity index (χ1n) is 10.7. The number of hydrogen-bond donors (Lipinski definition) is 2. The minimum atomic E-state index is 0.429. The number of methoxy groups -OCH3 is 1. The number of nitrogen functional groups attached to an aromatic ring is 1. The largest absolute Gasteiger partial charge is 0.495 e. The van der Waals surface area contributed by atoms with Crippen molar-refractivity contribution in [2.75, 3.05) is 51.4 Å². The maximum Gasteiger partial charge on any atom is 0.229 e. The Morgan fingerprint density at radius 2 is 1.78 bits per heavy atom. The van der Waals surface area contributed by atoms with Gasteiger partial charge in [0.05, 0.1) is 17.8 Å². The molecule has 8 heteroatoms. The number of anilines is 3. The van der Waals surface area contributed by atoms with E-state index in [0.717, 1.165) is 55.2 Å². The fourth-order valence-corrected chi connectivity index (χ4v) is 3.96. The number of hydrogen-bond acceptors (Lipinski definition) is 7. The second-order valence-corrected chi connectivity index (χ2v) is 8.56. The van der Waals surface area contributed by atoms with Gasteiger partial charge in [0.25, 0.3) is 0 Å². The summed E-state index contributed by atoms with van der Waals surface area (Å²) in [5.74, 6) is 1.47. The Hall–Kier alpha value is -2.87. The molecule has 1 aromatic heterocycles. The second kappa shape index (κ2) is 9.73. The van der Waals surface area contributed by atoms with E-state index in [1.807, 2.05) is 19.1 Å². The van der Waals surface area contributed by atoms with Crippen molar-refractivity contribution in [1.29, 1.82) is 0 Å². The van der Waals surface area contributed by atoms with Gasteiger partial charge in [-0.15, -0.1) is 0 Å². The zero-order valence-corrected chi connectivity index (χ0v) is 19.5. The SMILES string of the molecule is COc1cc(-c2nc(Nc3ccc(CN4CCN(C)CC4)cc3)nc(N)c2C)ccc1Cl. The van der Waals surface area contributed by atoms with Crippen LogP contribution in [0.1, 0.15) is 11.1 Å². The predicted octanol–water partition coefficient (Wildman–Crippen LogP) is 4.19. The highest BCUT2D eigenvalue weighted by Crippen LogP contribution is 2.33. The van der Waals surface area contributed by atoms with Crippen LogP contribution in [0, 0.1) is 6.92 Å². The highest BCUT2D eigenvalue weighted by Gasteiger charge is 2.15. The van der Waals surface area contributed by atoms with Crippen molar-refractivity contribution < 1.29 is 4.74 Å². The van der Waals surface area contributed by atoms with Crippen molar-refractivity contribution in [3.8, 4) is 17.0 Å². The number of nitrogens with zero attached hydrogens (tertiary/aromatic N) is 4. The summed E-state index contributed by atoms with van der Waals surface area (Å²) in [6.45, 7) is 7.31. The maximum atomic E-state index is 6.19. The number of nitrogens with two attached hydrogens (primary N) is 1. The topological polar surface area (TPSA) is 79.5 Å². The van der Waals surface area contributed by atoms with Gasteiger partial charge in [0.1, 0.15) is 11.6 Å². The normalized spacial score (nSPS) is 15.0. The van der Waals surface area contributed by atoms with E-state index in [-0.39, 0.29) is 0 Å². The average Bonchev–Trinajstić information content (AvgIpc) is 2.79. The third kappa shape index (κ3) is 5.12. The Kier molecular flexibility index (Phi) is 6.79.